The number of benzene rings is 1. The molecule has 31 heavy (non-hydrogen) atoms. The summed E-state index contributed by atoms with van der Waals surface area (Å²) in [5.74, 6) is -0.0312. The highest BCUT2D eigenvalue weighted by Crippen LogP contribution is 2.33. The fraction of sp³-hybridized carbons (Fsp3) is 0.238. The molecule has 1 N–H and O–H groups in total. The van der Waals surface area contributed by atoms with Gasteiger partial charge in [-0.15, -0.1) is 0 Å². The van der Waals surface area contributed by atoms with Crippen LogP contribution in [0.5, 0.6) is 0 Å². The summed E-state index contributed by atoms with van der Waals surface area (Å²) in [5.41, 5.74) is 2.74. The highest BCUT2D eigenvalue weighted by atomic mass is 35.5. The van der Waals surface area contributed by atoms with Crippen LogP contribution in [0.4, 0.5) is 10.3 Å². The first-order chi connectivity index (χ1) is 15.0. The van der Waals surface area contributed by atoms with Crippen LogP contribution < -0.4 is 4.90 Å². The number of nitrogens with zero attached hydrogens (tertiary/aromatic N) is 5. The predicted molar refractivity (Wildman–Crippen MR) is 117 cm³/mol. The first-order valence-electron chi connectivity index (χ1n) is 9.65. The summed E-state index contributed by atoms with van der Waals surface area (Å²) in [6, 6.07) is 6.21. The molecule has 1 saturated heterocycles. The molecule has 1 aliphatic heterocycles. The Bertz CT molecular complexity index is 1270. The van der Waals surface area contributed by atoms with Crippen molar-refractivity contribution in [3.05, 3.63) is 63.8 Å². The van der Waals surface area contributed by atoms with Gasteiger partial charge in [-0.2, -0.15) is 10.1 Å². The van der Waals surface area contributed by atoms with Crippen LogP contribution in [0.1, 0.15) is 17.4 Å². The Balaban J connectivity index is 1.64. The summed E-state index contributed by atoms with van der Waals surface area (Å²) in [4.78, 5) is 15.9. The van der Waals surface area contributed by atoms with Gasteiger partial charge in [0.2, 0.25) is 5.95 Å². The molecule has 4 aromatic rings. The third kappa shape index (κ3) is 3.82. The van der Waals surface area contributed by atoms with Gasteiger partial charge in [-0.05, 0) is 31.2 Å². The summed E-state index contributed by atoms with van der Waals surface area (Å²) < 4.78 is 20.7. The molecule has 1 aliphatic rings. The first kappa shape index (κ1) is 20.1. The van der Waals surface area contributed by atoms with Crippen molar-refractivity contribution in [3.8, 4) is 11.3 Å². The van der Waals surface area contributed by atoms with Crippen LogP contribution in [-0.2, 0) is 4.74 Å². The number of aromatic amines is 1. The van der Waals surface area contributed by atoms with E-state index in [1.165, 1.54) is 6.07 Å². The summed E-state index contributed by atoms with van der Waals surface area (Å²) in [5, 5.41) is 8.14. The smallest absolute Gasteiger partial charge is 0.228 e. The number of H-pyrrole nitrogens is 1. The van der Waals surface area contributed by atoms with Gasteiger partial charge in [-0.1, -0.05) is 23.2 Å². The van der Waals surface area contributed by atoms with Gasteiger partial charge in [0.1, 0.15) is 11.9 Å². The molecule has 7 nitrogen and oxygen atoms in total. The summed E-state index contributed by atoms with van der Waals surface area (Å²) >= 11 is 12.3. The number of ether oxygens (including phenoxy) is 1. The second-order valence-corrected chi connectivity index (χ2v) is 8.10. The maximum atomic E-state index is 14.8. The standard InChI is InChI=1S/C21H17Cl2FN6O/c1-11-16(23)7-15-19(14-3-2-13(22)6-17(14)24)28-21(29-20(15)27-11)30-4-5-31-18(10-30)12-8-25-26-9-12/h2-3,6-9,18H,4-5,10H2,1H3,(H,25,26)/t18-/m1/s1. The molecule has 0 saturated carbocycles. The lowest BCUT2D eigenvalue weighted by atomic mass is 10.1. The van der Waals surface area contributed by atoms with E-state index in [1.807, 2.05) is 4.90 Å². The second-order valence-electron chi connectivity index (χ2n) is 7.26. The zero-order valence-electron chi connectivity index (χ0n) is 16.4. The largest absolute Gasteiger partial charge is 0.370 e. The molecule has 4 heterocycles. The fourth-order valence-electron chi connectivity index (χ4n) is 3.61. The van der Waals surface area contributed by atoms with Crippen molar-refractivity contribution in [2.45, 2.75) is 13.0 Å². The van der Waals surface area contributed by atoms with E-state index in [2.05, 4.69) is 20.2 Å². The number of rotatable bonds is 3. The van der Waals surface area contributed by atoms with E-state index in [1.54, 1.807) is 37.5 Å². The lowest BCUT2D eigenvalue weighted by Gasteiger charge is -2.32. The lowest BCUT2D eigenvalue weighted by molar-refractivity contribution is 0.0393. The number of pyridine rings is 1. The van der Waals surface area contributed by atoms with Crippen molar-refractivity contribution in [3.63, 3.8) is 0 Å². The Morgan fingerprint density at radius 1 is 1.19 bits per heavy atom. The Morgan fingerprint density at radius 2 is 2.06 bits per heavy atom. The highest BCUT2D eigenvalue weighted by Gasteiger charge is 2.26. The van der Waals surface area contributed by atoms with Crippen molar-refractivity contribution in [2.75, 3.05) is 24.6 Å². The van der Waals surface area contributed by atoms with Crippen LogP contribution in [0.25, 0.3) is 22.3 Å². The number of nitrogens with one attached hydrogen (secondary N) is 1. The normalized spacial score (nSPS) is 16.8. The van der Waals surface area contributed by atoms with E-state index >= 15 is 0 Å². The Labute approximate surface area is 187 Å². The zero-order chi connectivity index (χ0) is 21.5. The van der Waals surface area contributed by atoms with E-state index in [9.17, 15) is 4.39 Å². The van der Waals surface area contributed by atoms with E-state index in [0.717, 1.165) is 5.56 Å². The van der Waals surface area contributed by atoms with Gasteiger partial charge in [-0.3, -0.25) is 5.10 Å². The molecule has 1 aromatic carbocycles. The maximum Gasteiger partial charge on any atom is 0.228 e. The van der Waals surface area contributed by atoms with Crippen LogP contribution in [0.15, 0.2) is 36.7 Å². The SMILES string of the molecule is Cc1nc2nc(N3CCO[C@@H](c4cn[nH]c4)C3)nc(-c3ccc(Cl)cc3F)c2cc1Cl. The number of aromatic nitrogens is 5. The fourth-order valence-corrected chi connectivity index (χ4v) is 3.92. The monoisotopic (exact) mass is 458 g/mol. The number of fused-ring (bicyclic) bond motifs is 1. The summed E-state index contributed by atoms with van der Waals surface area (Å²) in [6.45, 7) is 3.42. The van der Waals surface area contributed by atoms with Gasteiger partial charge in [0.05, 0.1) is 35.8 Å². The van der Waals surface area contributed by atoms with Crippen molar-refractivity contribution in [1.82, 2.24) is 25.1 Å². The molecule has 0 amide bonds. The molecule has 10 heteroatoms. The minimum atomic E-state index is -0.478. The number of aryl methyl sites for hydroxylation is 1. The molecule has 0 unspecified atom stereocenters. The van der Waals surface area contributed by atoms with Gasteiger partial charge >= 0.3 is 0 Å². The third-order valence-corrected chi connectivity index (χ3v) is 5.85. The second kappa shape index (κ2) is 8.03. The maximum absolute atomic E-state index is 14.8. The number of halogens is 3. The van der Waals surface area contributed by atoms with E-state index in [-0.39, 0.29) is 6.10 Å². The molecule has 1 fully saturated rings. The number of hydrogen-bond donors (Lipinski definition) is 1. The molecular formula is C21H17Cl2FN6O. The molecule has 0 spiro atoms. The van der Waals surface area contributed by atoms with E-state index in [0.29, 0.717) is 63.7 Å². The molecule has 0 aliphatic carbocycles. The number of morpholine rings is 1. The van der Waals surface area contributed by atoms with Crippen LogP contribution >= 0.6 is 23.2 Å². The van der Waals surface area contributed by atoms with Gasteiger partial charge in [0.15, 0.2) is 5.65 Å². The quantitative estimate of drug-likeness (QED) is 0.477. The Morgan fingerprint density at radius 3 is 2.84 bits per heavy atom. The average molecular weight is 459 g/mol. The van der Waals surface area contributed by atoms with Crippen LogP contribution in [0.3, 0.4) is 0 Å². The minimum Gasteiger partial charge on any atom is -0.370 e. The van der Waals surface area contributed by atoms with Crippen LogP contribution in [0, 0.1) is 12.7 Å². The van der Waals surface area contributed by atoms with Crippen molar-refractivity contribution < 1.29 is 9.13 Å². The van der Waals surface area contributed by atoms with Gasteiger partial charge in [-0.25, -0.2) is 14.4 Å². The Kier molecular flexibility index (Phi) is 5.21. The molecule has 1 atom stereocenters. The van der Waals surface area contributed by atoms with Gasteiger partial charge < -0.3 is 9.64 Å². The van der Waals surface area contributed by atoms with Crippen LogP contribution in [-0.4, -0.2) is 44.8 Å². The Hall–Kier alpha value is -2.81. The summed E-state index contributed by atoms with van der Waals surface area (Å²) in [6.07, 6.45) is 3.36. The highest BCUT2D eigenvalue weighted by molar-refractivity contribution is 6.32. The lowest BCUT2D eigenvalue weighted by Crippen LogP contribution is -2.39. The molecule has 0 bridgehead atoms. The van der Waals surface area contributed by atoms with Crippen molar-refractivity contribution in [1.29, 1.82) is 0 Å². The predicted octanol–water partition coefficient (Wildman–Crippen LogP) is 4.75. The molecular weight excluding hydrogens is 442 g/mol. The molecule has 5 rings (SSSR count). The van der Waals surface area contributed by atoms with Crippen molar-refractivity contribution >= 4 is 40.2 Å². The average Bonchev–Trinajstić information content (AvgIpc) is 3.29. The van der Waals surface area contributed by atoms with Gasteiger partial charge in [0.25, 0.3) is 0 Å². The number of hydrogen-bond acceptors (Lipinski definition) is 6. The molecule has 3 aromatic heterocycles. The van der Waals surface area contributed by atoms with Crippen molar-refractivity contribution in [2.24, 2.45) is 0 Å². The molecule has 0 radical (unpaired) electrons. The third-order valence-electron chi connectivity index (χ3n) is 5.23. The minimum absolute atomic E-state index is 0.178. The topological polar surface area (TPSA) is 79.8 Å². The first-order valence-corrected chi connectivity index (χ1v) is 10.4. The number of anilines is 1. The van der Waals surface area contributed by atoms with E-state index in [4.69, 9.17) is 32.9 Å². The van der Waals surface area contributed by atoms with Crippen LogP contribution in [0.2, 0.25) is 10.0 Å². The zero-order valence-corrected chi connectivity index (χ0v) is 18.0. The molecule has 158 valence electrons. The van der Waals surface area contributed by atoms with Gasteiger partial charge in [0, 0.05) is 34.3 Å². The van der Waals surface area contributed by atoms with E-state index < -0.39 is 5.82 Å². The summed E-state index contributed by atoms with van der Waals surface area (Å²) in [7, 11) is 0.